The van der Waals surface area contributed by atoms with E-state index < -0.39 is 5.97 Å². The average molecular weight is 403 g/mol. The van der Waals surface area contributed by atoms with Gasteiger partial charge in [0.25, 0.3) is 5.91 Å². The van der Waals surface area contributed by atoms with E-state index in [-0.39, 0.29) is 11.7 Å². The molecule has 0 fully saturated rings. The Labute approximate surface area is 171 Å². The number of H-pyrrole nitrogens is 1. The summed E-state index contributed by atoms with van der Waals surface area (Å²) in [5.41, 5.74) is 3.40. The highest BCUT2D eigenvalue weighted by atomic mass is 19.1. The van der Waals surface area contributed by atoms with E-state index in [1.807, 2.05) is 18.2 Å². The van der Waals surface area contributed by atoms with Crippen molar-refractivity contribution in [2.75, 3.05) is 11.9 Å². The molecule has 1 heterocycles. The molecule has 1 aromatic heterocycles. The average Bonchev–Trinajstić information content (AvgIpc) is 3.16. The van der Waals surface area contributed by atoms with Gasteiger partial charge in [-0.3, -0.25) is 14.7 Å². The number of rotatable bonds is 4. The quantitative estimate of drug-likeness (QED) is 0.400. The lowest BCUT2D eigenvalue weighted by molar-refractivity contribution is -0.131. The van der Waals surface area contributed by atoms with E-state index in [2.05, 4.69) is 10.2 Å². The van der Waals surface area contributed by atoms with Gasteiger partial charge in [0.05, 0.1) is 11.2 Å². The van der Waals surface area contributed by atoms with Crippen LogP contribution in [0.1, 0.15) is 17.3 Å². The molecule has 0 saturated heterocycles. The molecule has 30 heavy (non-hydrogen) atoms. The standard InChI is InChI=1S/C23H18FN3O3/c1-14(28)30-19-10-5-16(6-11-19)23(29)27(2)18-9-12-21-20(13-18)22(26-25-21)15-3-7-17(24)8-4-15/h3-13H,1-2H3,(H,25,26). The first kappa shape index (κ1) is 19.3. The van der Waals surface area contributed by atoms with E-state index in [9.17, 15) is 14.0 Å². The molecule has 0 radical (unpaired) electrons. The number of hydrogen-bond donors (Lipinski definition) is 1. The zero-order valence-electron chi connectivity index (χ0n) is 16.3. The van der Waals surface area contributed by atoms with Crippen molar-refractivity contribution in [1.82, 2.24) is 10.2 Å². The maximum Gasteiger partial charge on any atom is 0.308 e. The lowest BCUT2D eigenvalue weighted by atomic mass is 10.1. The Morgan fingerprint density at radius 1 is 1.00 bits per heavy atom. The molecule has 1 amide bonds. The van der Waals surface area contributed by atoms with Crippen molar-refractivity contribution in [3.05, 3.63) is 78.1 Å². The third-order valence-corrected chi connectivity index (χ3v) is 4.72. The Hall–Kier alpha value is -4.00. The first-order valence-electron chi connectivity index (χ1n) is 9.23. The Bertz CT molecular complexity index is 1230. The fraction of sp³-hybridized carbons (Fsp3) is 0.0870. The number of aromatic nitrogens is 2. The van der Waals surface area contributed by atoms with Gasteiger partial charge in [0.2, 0.25) is 0 Å². The van der Waals surface area contributed by atoms with E-state index in [0.29, 0.717) is 22.7 Å². The van der Waals surface area contributed by atoms with Crippen molar-refractivity contribution in [1.29, 1.82) is 0 Å². The number of carbonyl (C=O) groups excluding carboxylic acids is 2. The summed E-state index contributed by atoms with van der Waals surface area (Å²) in [6, 6.07) is 18.0. The lowest BCUT2D eigenvalue weighted by Gasteiger charge is -2.18. The van der Waals surface area contributed by atoms with Crippen LogP contribution in [0, 0.1) is 5.82 Å². The molecule has 4 aromatic rings. The normalized spacial score (nSPS) is 10.8. The summed E-state index contributed by atoms with van der Waals surface area (Å²) in [4.78, 5) is 25.5. The molecular weight excluding hydrogens is 385 g/mol. The Kier molecular flexibility index (Phi) is 5.02. The number of nitrogens with zero attached hydrogens (tertiary/aromatic N) is 2. The maximum absolute atomic E-state index is 13.3. The van der Waals surface area contributed by atoms with Crippen molar-refractivity contribution in [2.24, 2.45) is 0 Å². The Morgan fingerprint density at radius 3 is 2.37 bits per heavy atom. The monoisotopic (exact) mass is 403 g/mol. The smallest absolute Gasteiger partial charge is 0.308 e. The van der Waals surface area contributed by atoms with Gasteiger partial charge in [-0.15, -0.1) is 0 Å². The number of ether oxygens (including phenoxy) is 1. The third-order valence-electron chi connectivity index (χ3n) is 4.72. The number of esters is 1. The van der Waals surface area contributed by atoms with Gasteiger partial charge in [0.15, 0.2) is 0 Å². The molecule has 0 atom stereocenters. The first-order valence-corrected chi connectivity index (χ1v) is 9.23. The topological polar surface area (TPSA) is 75.3 Å². The van der Waals surface area contributed by atoms with Crippen LogP contribution in [0.3, 0.4) is 0 Å². The number of carbonyl (C=O) groups is 2. The van der Waals surface area contributed by atoms with Gasteiger partial charge in [0, 0.05) is 36.2 Å². The molecule has 0 aliphatic carbocycles. The molecule has 0 bridgehead atoms. The minimum atomic E-state index is -0.420. The van der Waals surface area contributed by atoms with Crippen LogP contribution in [-0.4, -0.2) is 29.1 Å². The van der Waals surface area contributed by atoms with Crippen LogP contribution >= 0.6 is 0 Å². The Morgan fingerprint density at radius 2 is 1.70 bits per heavy atom. The summed E-state index contributed by atoms with van der Waals surface area (Å²) < 4.78 is 18.3. The van der Waals surface area contributed by atoms with Gasteiger partial charge in [-0.2, -0.15) is 5.10 Å². The highest BCUT2D eigenvalue weighted by Crippen LogP contribution is 2.30. The Balaban J connectivity index is 1.63. The number of anilines is 1. The van der Waals surface area contributed by atoms with Gasteiger partial charge in [0.1, 0.15) is 11.6 Å². The molecule has 0 saturated carbocycles. The van der Waals surface area contributed by atoms with Gasteiger partial charge in [-0.05, 0) is 66.7 Å². The van der Waals surface area contributed by atoms with Crippen LogP contribution < -0.4 is 9.64 Å². The van der Waals surface area contributed by atoms with Crippen LogP contribution in [0.25, 0.3) is 22.2 Å². The van der Waals surface area contributed by atoms with Crippen molar-refractivity contribution in [3.8, 4) is 17.0 Å². The van der Waals surface area contributed by atoms with Gasteiger partial charge in [-0.25, -0.2) is 4.39 Å². The largest absolute Gasteiger partial charge is 0.427 e. The third kappa shape index (κ3) is 3.77. The highest BCUT2D eigenvalue weighted by Gasteiger charge is 2.16. The van der Waals surface area contributed by atoms with Gasteiger partial charge in [-0.1, -0.05) is 0 Å². The molecular formula is C23H18FN3O3. The zero-order chi connectivity index (χ0) is 21.3. The molecule has 1 N–H and O–H groups in total. The van der Waals surface area contributed by atoms with Gasteiger partial charge < -0.3 is 9.64 Å². The fourth-order valence-electron chi connectivity index (χ4n) is 3.18. The molecule has 3 aromatic carbocycles. The van der Waals surface area contributed by atoms with Crippen LogP contribution in [0.15, 0.2) is 66.7 Å². The van der Waals surface area contributed by atoms with E-state index in [1.54, 1.807) is 43.4 Å². The van der Waals surface area contributed by atoms with Crippen LogP contribution in [0.5, 0.6) is 5.75 Å². The van der Waals surface area contributed by atoms with Crippen LogP contribution in [-0.2, 0) is 4.79 Å². The van der Waals surface area contributed by atoms with Crippen molar-refractivity contribution >= 4 is 28.5 Å². The van der Waals surface area contributed by atoms with Crippen LogP contribution in [0.2, 0.25) is 0 Å². The summed E-state index contributed by atoms with van der Waals surface area (Å²) in [7, 11) is 1.68. The summed E-state index contributed by atoms with van der Waals surface area (Å²) in [6.45, 7) is 1.32. The minimum absolute atomic E-state index is 0.212. The molecule has 0 aliphatic heterocycles. The number of aromatic amines is 1. The molecule has 150 valence electrons. The van der Waals surface area contributed by atoms with Crippen LogP contribution in [0.4, 0.5) is 10.1 Å². The van der Waals surface area contributed by atoms with Crippen molar-refractivity contribution < 1.29 is 18.7 Å². The number of nitrogens with one attached hydrogen (secondary N) is 1. The van der Waals surface area contributed by atoms with Gasteiger partial charge >= 0.3 is 5.97 Å². The van der Waals surface area contributed by atoms with E-state index in [1.165, 1.54) is 24.0 Å². The van der Waals surface area contributed by atoms with E-state index >= 15 is 0 Å². The maximum atomic E-state index is 13.3. The molecule has 6 nitrogen and oxygen atoms in total. The second kappa shape index (κ2) is 7.79. The number of fused-ring (bicyclic) bond motifs is 1. The SMILES string of the molecule is CC(=O)Oc1ccc(C(=O)N(C)c2ccc3[nH]nc(-c4ccc(F)cc4)c3c2)cc1. The molecule has 0 unspecified atom stereocenters. The van der Waals surface area contributed by atoms with E-state index in [4.69, 9.17) is 4.74 Å². The summed E-state index contributed by atoms with van der Waals surface area (Å²) >= 11 is 0. The second-order valence-corrected chi connectivity index (χ2v) is 6.79. The fourth-order valence-corrected chi connectivity index (χ4v) is 3.18. The van der Waals surface area contributed by atoms with E-state index in [0.717, 1.165) is 16.5 Å². The predicted octanol–water partition coefficient (Wildman–Crippen LogP) is 4.57. The molecule has 0 aliphatic rings. The number of benzene rings is 3. The zero-order valence-corrected chi connectivity index (χ0v) is 16.3. The number of halogens is 1. The summed E-state index contributed by atoms with van der Waals surface area (Å²) in [6.07, 6.45) is 0. The summed E-state index contributed by atoms with van der Waals surface area (Å²) in [5, 5.41) is 8.12. The van der Waals surface area contributed by atoms with Crippen molar-refractivity contribution in [3.63, 3.8) is 0 Å². The first-order chi connectivity index (χ1) is 14.4. The molecule has 7 heteroatoms. The predicted molar refractivity (Wildman–Crippen MR) is 112 cm³/mol. The second-order valence-electron chi connectivity index (χ2n) is 6.79. The number of amides is 1. The van der Waals surface area contributed by atoms with Crippen molar-refractivity contribution in [2.45, 2.75) is 6.92 Å². The summed E-state index contributed by atoms with van der Waals surface area (Å²) in [5.74, 6) is -0.568. The molecule has 0 spiro atoms. The highest BCUT2D eigenvalue weighted by molar-refractivity contribution is 6.07. The minimum Gasteiger partial charge on any atom is -0.427 e. The molecule has 4 rings (SSSR count). The number of hydrogen-bond acceptors (Lipinski definition) is 4. The lowest BCUT2D eigenvalue weighted by Crippen LogP contribution is -2.26.